The molecule has 1 aromatic heterocycles. The Morgan fingerprint density at radius 3 is 2.94 bits per heavy atom. The number of nitrogens with two attached hydrogens (primary N) is 1. The summed E-state index contributed by atoms with van der Waals surface area (Å²) in [6.45, 7) is 0. The third-order valence-electron chi connectivity index (χ3n) is 3.27. The molecule has 0 aromatic carbocycles. The Morgan fingerprint density at radius 2 is 2.47 bits per heavy atom. The highest BCUT2D eigenvalue weighted by Crippen LogP contribution is 2.27. The molecule has 0 spiro atoms. The van der Waals surface area contributed by atoms with E-state index in [0.717, 1.165) is 12.2 Å². The summed E-state index contributed by atoms with van der Waals surface area (Å²) < 4.78 is 24.7. The van der Waals surface area contributed by atoms with Gasteiger partial charge in [-0.05, 0) is 18.8 Å². The van der Waals surface area contributed by atoms with Crippen molar-refractivity contribution in [1.29, 1.82) is 0 Å². The Labute approximate surface area is 101 Å². The van der Waals surface area contributed by atoms with Crippen LogP contribution in [0.4, 0.5) is 0 Å². The van der Waals surface area contributed by atoms with E-state index in [1.54, 1.807) is 6.20 Å². The van der Waals surface area contributed by atoms with Crippen molar-refractivity contribution >= 4 is 9.84 Å². The molecule has 0 saturated carbocycles. The van der Waals surface area contributed by atoms with E-state index < -0.39 is 9.84 Å². The Hall–Kier alpha value is -0.920. The third kappa shape index (κ3) is 2.85. The van der Waals surface area contributed by atoms with Gasteiger partial charge < -0.3 is 4.57 Å². The summed E-state index contributed by atoms with van der Waals surface area (Å²) in [5.74, 6) is 7.12. The summed E-state index contributed by atoms with van der Waals surface area (Å²) in [4.78, 5) is 4.24. The molecule has 0 radical (unpaired) electrons. The zero-order chi connectivity index (χ0) is 12.5. The van der Waals surface area contributed by atoms with Crippen molar-refractivity contribution in [3.8, 4) is 0 Å². The van der Waals surface area contributed by atoms with Gasteiger partial charge in [-0.1, -0.05) is 0 Å². The van der Waals surface area contributed by atoms with Crippen LogP contribution >= 0.6 is 0 Å². The van der Waals surface area contributed by atoms with Gasteiger partial charge in [0.1, 0.15) is 5.82 Å². The standard InChI is InChI=1S/C10H18N4O2S/c1-14-4-3-12-10(14)9(13-11)6-8-2-5-17(15,16)7-8/h3-4,8-9,13H,2,5-7,11H2,1H3. The molecule has 3 N–H and O–H groups in total. The molecule has 2 unspecified atom stereocenters. The lowest BCUT2D eigenvalue weighted by Gasteiger charge is -2.18. The van der Waals surface area contributed by atoms with Crippen molar-refractivity contribution in [2.45, 2.75) is 18.9 Å². The van der Waals surface area contributed by atoms with Gasteiger partial charge in [0.05, 0.1) is 17.5 Å². The molecular formula is C10H18N4O2S. The SMILES string of the molecule is Cn1ccnc1C(CC1CCS(=O)(=O)C1)NN. The minimum Gasteiger partial charge on any atom is -0.337 e. The predicted octanol–water partition coefficient (Wildman–Crippen LogP) is -0.251. The molecule has 2 rings (SSSR count). The van der Waals surface area contributed by atoms with Crippen molar-refractivity contribution < 1.29 is 8.42 Å². The Bertz CT molecular complexity index is 482. The van der Waals surface area contributed by atoms with Crippen LogP contribution < -0.4 is 11.3 Å². The Balaban J connectivity index is 2.04. The number of aromatic nitrogens is 2. The van der Waals surface area contributed by atoms with Crippen LogP contribution in [0.3, 0.4) is 0 Å². The molecule has 2 atom stereocenters. The van der Waals surface area contributed by atoms with Crippen LogP contribution in [-0.4, -0.2) is 29.5 Å². The lowest BCUT2D eigenvalue weighted by Crippen LogP contribution is -2.31. The van der Waals surface area contributed by atoms with E-state index in [9.17, 15) is 8.42 Å². The maximum Gasteiger partial charge on any atom is 0.150 e. The van der Waals surface area contributed by atoms with Crippen molar-refractivity contribution in [3.63, 3.8) is 0 Å². The molecule has 1 aliphatic heterocycles. The van der Waals surface area contributed by atoms with Crippen molar-refractivity contribution in [2.24, 2.45) is 18.8 Å². The van der Waals surface area contributed by atoms with Crippen molar-refractivity contribution in [3.05, 3.63) is 18.2 Å². The summed E-state index contributed by atoms with van der Waals surface area (Å²) in [5.41, 5.74) is 2.72. The largest absolute Gasteiger partial charge is 0.337 e. The van der Waals surface area contributed by atoms with Crippen molar-refractivity contribution in [1.82, 2.24) is 15.0 Å². The number of imidazole rings is 1. The van der Waals surface area contributed by atoms with E-state index in [-0.39, 0.29) is 17.7 Å². The molecule has 2 heterocycles. The molecule has 7 heteroatoms. The first-order valence-corrected chi connectivity index (χ1v) is 7.48. The minimum atomic E-state index is -2.82. The van der Waals surface area contributed by atoms with Crippen LogP contribution in [-0.2, 0) is 16.9 Å². The number of rotatable bonds is 4. The number of hydrogen-bond acceptors (Lipinski definition) is 5. The summed E-state index contributed by atoms with van der Waals surface area (Å²) >= 11 is 0. The molecule has 1 aliphatic rings. The van der Waals surface area contributed by atoms with Gasteiger partial charge in [-0.15, -0.1) is 0 Å². The second-order valence-electron chi connectivity index (χ2n) is 4.62. The van der Waals surface area contributed by atoms with E-state index in [2.05, 4.69) is 10.4 Å². The molecule has 6 nitrogen and oxygen atoms in total. The second-order valence-corrected chi connectivity index (χ2v) is 6.85. The average Bonchev–Trinajstić information content (AvgIpc) is 2.81. The first-order valence-electron chi connectivity index (χ1n) is 5.65. The van der Waals surface area contributed by atoms with Crippen LogP contribution in [0.25, 0.3) is 0 Å². The zero-order valence-corrected chi connectivity index (χ0v) is 10.7. The number of nitrogens with one attached hydrogen (secondary N) is 1. The maximum absolute atomic E-state index is 11.4. The maximum atomic E-state index is 11.4. The monoisotopic (exact) mass is 258 g/mol. The Kier molecular flexibility index (Phi) is 3.50. The number of nitrogens with zero attached hydrogens (tertiary/aromatic N) is 2. The molecule has 0 bridgehead atoms. The Morgan fingerprint density at radius 1 is 1.71 bits per heavy atom. The fourth-order valence-electron chi connectivity index (χ4n) is 2.35. The summed E-state index contributed by atoms with van der Waals surface area (Å²) in [6.07, 6.45) is 5.00. The highest BCUT2D eigenvalue weighted by molar-refractivity contribution is 7.91. The summed E-state index contributed by atoms with van der Waals surface area (Å²) in [6, 6.07) is -0.0895. The number of hydrazine groups is 1. The lowest BCUT2D eigenvalue weighted by atomic mass is 9.99. The number of aryl methyl sites for hydroxylation is 1. The van der Waals surface area contributed by atoms with Gasteiger partial charge in [0.15, 0.2) is 9.84 Å². The van der Waals surface area contributed by atoms with Gasteiger partial charge in [0.25, 0.3) is 0 Å². The number of sulfone groups is 1. The van der Waals surface area contributed by atoms with Crippen LogP contribution in [0.5, 0.6) is 0 Å². The van der Waals surface area contributed by atoms with Crippen molar-refractivity contribution in [2.75, 3.05) is 11.5 Å². The molecule has 1 saturated heterocycles. The first-order chi connectivity index (χ1) is 8.02. The molecule has 17 heavy (non-hydrogen) atoms. The van der Waals surface area contributed by atoms with E-state index in [1.807, 2.05) is 17.8 Å². The van der Waals surface area contributed by atoms with Crippen LogP contribution in [0, 0.1) is 5.92 Å². The molecule has 0 aliphatic carbocycles. The molecule has 96 valence electrons. The normalized spacial score (nSPS) is 24.9. The average molecular weight is 258 g/mol. The van der Waals surface area contributed by atoms with Crippen LogP contribution in [0.1, 0.15) is 24.7 Å². The summed E-state index contributed by atoms with van der Waals surface area (Å²) in [7, 11) is -0.923. The first kappa shape index (κ1) is 12.5. The van der Waals surface area contributed by atoms with E-state index >= 15 is 0 Å². The molecule has 0 amide bonds. The van der Waals surface area contributed by atoms with E-state index in [0.29, 0.717) is 12.2 Å². The van der Waals surface area contributed by atoms with Gasteiger partial charge >= 0.3 is 0 Å². The zero-order valence-electron chi connectivity index (χ0n) is 9.83. The smallest absolute Gasteiger partial charge is 0.150 e. The van der Waals surface area contributed by atoms with Gasteiger partial charge in [-0.25, -0.2) is 18.8 Å². The fourth-order valence-corrected chi connectivity index (χ4v) is 4.23. The topological polar surface area (TPSA) is 90.0 Å². The van der Waals surface area contributed by atoms with Gasteiger partial charge in [-0.2, -0.15) is 0 Å². The van der Waals surface area contributed by atoms with Gasteiger partial charge in [0, 0.05) is 19.4 Å². The highest BCUT2D eigenvalue weighted by atomic mass is 32.2. The third-order valence-corrected chi connectivity index (χ3v) is 5.10. The van der Waals surface area contributed by atoms with E-state index in [1.165, 1.54) is 0 Å². The fraction of sp³-hybridized carbons (Fsp3) is 0.700. The van der Waals surface area contributed by atoms with Gasteiger partial charge in [-0.3, -0.25) is 5.84 Å². The molecule has 1 fully saturated rings. The lowest BCUT2D eigenvalue weighted by molar-refractivity contribution is 0.400. The quantitative estimate of drug-likeness (QED) is 0.574. The van der Waals surface area contributed by atoms with Crippen LogP contribution in [0.2, 0.25) is 0 Å². The summed E-state index contributed by atoms with van der Waals surface area (Å²) in [5, 5.41) is 0. The highest BCUT2D eigenvalue weighted by Gasteiger charge is 2.30. The van der Waals surface area contributed by atoms with Gasteiger partial charge in [0.2, 0.25) is 0 Å². The number of hydrogen-bond donors (Lipinski definition) is 2. The molecular weight excluding hydrogens is 240 g/mol. The predicted molar refractivity (Wildman–Crippen MR) is 64.6 cm³/mol. The molecule has 1 aromatic rings. The minimum absolute atomic E-state index is 0.0895. The van der Waals surface area contributed by atoms with E-state index in [4.69, 9.17) is 5.84 Å². The second kappa shape index (κ2) is 4.75. The van der Waals surface area contributed by atoms with Crippen LogP contribution in [0.15, 0.2) is 12.4 Å².